The van der Waals surface area contributed by atoms with E-state index in [0.717, 1.165) is 5.57 Å². The van der Waals surface area contributed by atoms with Crippen LogP contribution in [0.25, 0.3) is 0 Å². The van der Waals surface area contributed by atoms with Crippen molar-refractivity contribution in [3.05, 3.63) is 23.8 Å². The van der Waals surface area contributed by atoms with E-state index < -0.39 is 0 Å². The summed E-state index contributed by atoms with van der Waals surface area (Å²) in [5, 5.41) is 0. The first-order valence-corrected chi connectivity index (χ1v) is 3.17. The van der Waals surface area contributed by atoms with Gasteiger partial charge in [0.15, 0.2) is 5.78 Å². The summed E-state index contributed by atoms with van der Waals surface area (Å²) in [5.41, 5.74) is 1.46. The third-order valence-electron chi connectivity index (χ3n) is 1.26. The SMILES string of the molecule is CC1=CC(=O)C=C/C1=N\Cl. The first-order valence-electron chi connectivity index (χ1n) is 2.83. The minimum Gasteiger partial charge on any atom is -0.290 e. The topological polar surface area (TPSA) is 29.4 Å². The molecule has 2 nitrogen and oxygen atoms in total. The molecule has 0 bridgehead atoms. The molecule has 0 heterocycles. The van der Waals surface area contributed by atoms with Crippen LogP contribution >= 0.6 is 11.8 Å². The number of allylic oxidation sites excluding steroid dienone is 4. The minimum absolute atomic E-state index is 0.0124. The highest BCUT2D eigenvalue weighted by Crippen LogP contribution is 2.06. The normalized spacial score (nSPS) is 21.6. The van der Waals surface area contributed by atoms with E-state index in [-0.39, 0.29) is 5.78 Å². The van der Waals surface area contributed by atoms with Gasteiger partial charge >= 0.3 is 0 Å². The van der Waals surface area contributed by atoms with Gasteiger partial charge < -0.3 is 0 Å². The van der Waals surface area contributed by atoms with Crippen molar-refractivity contribution in [2.45, 2.75) is 6.92 Å². The fraction of sp³-hybridized carbons (Fsp3) is 0.143. The molecule has 10 heavy (non-hydrogen) atoms. The third-order valence-corrected chi connectivity index (χ3v) is 1.44. The van der Waals surface area contributed by atoms with Crippen LogP contribution in [0.5, 0.6) is 0 Å². The second kappa shape index (κ2) is 2.80. The Kier molecular flexibility index (Phi) is 2.02. The van der Waals surface area contributed by atoms with Crippen LogP contribution in [0.3, 0.4) is 0 Å². The molecular weight excluding hydrogens is 150 g/mol. The molecule has 0 saturated heterocycles. The number of ketones is 1. The molecule has 0 amide bonds. The second-order valence-corrected chi connectivity index (χ2v) is 2.20. The molecule has 1 rings (SSSR count). The maximum absolute atomic E-state index is 10.7. The molecule has 1 aliphatic rings. The van der Waals surface area contributed by atoms with Crippen molar-refractivity contribution < 1.29 is 4.79 Å². The maximum atomic E-state index is 10.7. The van der Waals surface area contributed by atoms with Crippen LogP contribution in [0.4, 0.5) is 0 Å². The fourth-order valence-electron chi connectivity index (χ4n) is 0.723. The van der Waals surface area contributed by atoms with E-state index in [1.54, 1.807) is 13.0 Å². The minimum atomic E-state index is -0.0124. The quantitative estimate of drug-likeness (QED) is 0.490. The maximum Gasteiger partial charge on any atom is 0.179 e. The van der Waals surface area contributed by atoms with Crippen LogP contribution in [0, 0.1) is 0 Å². The van der Waals surface area contributed by atoms with Gasteiger partial charge in [0, 0.05) is 11.8 Å². The molecule has 1 aliphatic carbocycles. The van der Waals surface area contributed by atoms with E-state index in [1.165, 1.54) is 12.2 Å². The van der Waals surface area contributed by atoms with E-state index in [1.807, 2.05) is 0 Å². The fourth-order valence-corrected chi connectivity index (χ4v) is 0.912. The van der Waals surface area contributed by atoms with Crippen molar-refractivity contribution in [1.29, 1.82) is 0 Å². The van der Waals surface area contributed by atoms with Crippen molar-refractivity contribution in [3.63, 3.8) is 0 Å². The molecule has 0 aliphatic heterocycles. The monoisotopic (exact) mass is 155 g/mol. The Morgan fingerprint density at radius 1 is 1.50 bits per heavy atom. The van der Waals surface area contributed by atoms with E-state index in [2.05, 4.69) is 4.51 Å². The third kappa shape index (κ3) is 1.33. The lowest BCUT2D eigenvalue weighted by Gasteiger charge is -2.01. The van der Waals surface area contributed by atoms with Gasteiger partial charge in [-0.15, -0.1) is 0 Å². The molecule has 0 radical (unpaired) electrons. The second-order valence-electron chi connectivity index (χ2n) is 2.03. The zero-order valence-corrected chi connectivity index (χ0v) is 6.22. The number of hydrogen-bond donors (Lipinski definition) is 0. The van der Waals surface area contributed by atoms with Crippen molar-refractivity contribution in [1.82, 2.24) is 0 Å². The van der Waals surface area contributed by atoms with E-state index in [4.69, 9.17) is 11.8 Å². The summed E-state index contributed by atoms with van der Waals surface area (Å²) >= 11 is 5.21. The molecular formula is C7H6ClNO. The molecule has 52 valence electrons. The van der Waals surface area contributed by atoms with Crippen LogP contribution in [0.15, 0.2) is 28.3 Å². The summed E-state index contributed by atoms with van der Waals surface area (Å²) in [6.07, 6.45) is 4.54. The highest BCUT2D eigenvalue weighted by molar-refractivity contribution is 6.28. The molecule has 0 aromatic heterocycles. The smallest absolute Gasteiger partial charge is 0.179 e. The summed E-state index contributed by atoms with van der Waals surface area (Å²) < 4.78 is 3.44. The van der Waals surface area contributed by atoms with Crippen molar-refractivity contribution in [2.75, 3.05) is 0 Å². The average molecular weight is 156 g/mol. The van der Waals surface area contributed by atoms with E-state index >= 15 is 0 Å². The van der Waals surface area contributed by atoms with Crippen molar-refractivity contribution in [2.24, 2.45) is 4.51 Å². The molecule has 0 N–H and O–H groups in total. The van der Waals surface area contributed by atoms with Crippen molar-refractivity contribution in [3.8, 4) is 0 Å². The summed E-state index contributed by atoms with van der Waals surface area (Å²) in [5.74, 6) is -0.0124. The predicted octanol–water partition coefficient (Wildman–Crippen LogP) is 1.67. The molecule has 0 aromatic carbocycles. The van der Waals surface area contributed by atoms with Gasteiger partial charge in [-0.2, -0.15) is 4.51 Å². The molecule has 3 heteroatoms. The highest BCUT2D eigenvalue weighted by atomic mass is 35.5. The van der Waals surface area contributed by atoms with Gasteiger partial charge in [-0.25, -0.2) is 0 Å². The van der Waals surface area contributed by atoms with Gasteiger partial charge in [0.05, 0.1) is 5.71 Å². The van der Waals surface area contributed by atoms with Gasteiger partial charge in [-0.1, -0.05) is 0 Å². The van der Waals surface area contributed by atoms with Crippen LogP contribution in [0.2, 0.25) is 0 Å². The molecule has 0 atom stereocenters. The van der Waals surface area contributed by atoms with Crippen molar-refractivity contribution >= 4 is 23.3 Å². The zero-order chi connectivity index (χ0) is 7.56. The standard InChI is InChI=1S/C7H6ClNO/c1-5-4-6(10)2-3-7(5)9-8/h2-4H,1H3/b9-7+. The Hall–Kier alpha value is -0.890. The summed E-state index contributed by atoms with van der Waals surface area (Å²) in [4.78, 5) is 10.7. The number of halogens is 1. The van der Waals surface area contributed by atoms with Gasteiger partial charge in [-0.05, 0) is 30.7 Å². The van der Waals surface area contributed by atoms with E-state index in [9.17, 15) is 4.79 Å². The van der Waals surface area contributed by atoms with Crippen LogP contribution in [0.1, 0.15) is 6.92 Å². The molecule has 0 unspecified atom stereocenters. The number of carbonyl (C=O) groups excluding carboxylic acids is 1. The summed E-state index contributed by atoms with van der Waals surface area (Å²) in [7, 11) is 0. The Balaban J connectivity index is 2.97. The predicted molar refractivity (Wildman–Crippen MR) is 41.2 cm³/mol. The first-order chi connectivity index (χ1) is 4.74. The van der Waals surface area contributed by atoms with Crippen LogP contribution in [-0.2, 0) is 4.79 Å². The zero-order valence-electron chi connectivity index (χ0n) is 5.47. The Morgan fingerprint density at radius 3 is 2.70 bits per heavy atom. The lowest BCUT2D eigenvalue weighted by Crippen LogP contribution is -2.03. The van der Waals surface area contributed by atoms with E-state index in [0.29, 0.717) is 5.71 Å². The largest absolute Gasteiger partial charge is 0.290 e. The summed E-state index contributed by atoms with van der Waals surface area (Å²) in [6, 6.07) is 0. The van der Waals surface area contributed by atoms with Gasteiger partial charge in [0.1, 0.15) is 0 Å². The Bertz CT molecular complexity index is 250. The van der Waals surface area contributed by atoms with Crippen LogP contribution in [-0.4, -0.2) is 11.5 Å². The first kappa shape index (κ1) is 7.22. The number of hydrogen-bond acceptors (Lipinski definition) is 2. The summed E-state index contributed by atoms with van der Waals surface area (Å²) in [6.45, 7) is 1.79. The van der Waals surface area contributed by atoms with Gasteiger partial charge in [-0.3, -0.25) is 4.79 Å². The highest BCUT2D eigenvalue weighted by Gasteiger charge is 2.05. The number of rotatable bonds is 0. The molecule has 0 aromatic rings. The van der Waals surface area contributed by atoms with Gasteiger partial charge in [0.25, 0.3) is 0 Å². The average Bonchev–Trinajstić information content (AvgIpc) is 1.88. The lowest BCUT2D eigenvalue weighted by atomic mass is 10.1. The van der Waals surface area contributed by atoms with Gasteiger partial charge in [0.2, 0.25) is 0 Å². The Morgan fingerprint density at radius 2 is 2.20 bits per heavy atom. The molecule has 0 spiro atoms. The Labute approximate surface area is 64.0 Å². The van der Waals surface area contributed by atoms with Crippen LogP contribution < -0.4 is 0 Å². The lowest BCUT2D eigenvalue weighted by molar-refractivity contribution is -0.110. The number of nitrogens with zero attached hydrogens (tertiary/aromatic N) is 1. The molecule has 0 saturated carbocycles. The molecule has 0 fully saturated rings. The number of carbonyl (C=O) groups is 1.